The van der Waals surface area contributed by atoms with Crippen LogP contribution in [0.5, 0.6) is 0 Å². The minimum absolute atomic E-state index is 0.00129. The molecule has 0 unspecified atom stereocenters. The fourth-order valence-electron chi connectivity index (χ4n) is 2.12. The van der Waals surface area contributed by atoms with Gasteiger partial charge in [-0.15, -0.1) is 0 Å². The first-order chi connectivity index (χ1) is 11.6. The predicted molar refractivity (Wildman–Crippen MR) is 90.8 cm³/mol. The largest absolute Gasteiger partial charge is 0.417 e. The molecular weight excluding hydrogens is 381 g/mol. The number of benzene rings is 2. The van der Waals surface area contributed by atoms with Crippen molar-refractivity contribution in [1.29, 1.82) is 0 Å². The number of carbonyl (C=O) groups excluding carboxylic acids is 1. The Hall–Kier alpha value is -2.05. The zero-order valence-corrected chi connectivity index (χ0v) is 14.2. The Kier molecular flexibility index (Phi) is 5.75. The highest BCUT2D eigenvalue weighted by atomic mass is 35.5. The van der Waals surface area contributed by atoms with Crippen LogP contribution in [-0.4, -0.2) is 19.0 Å². The second-order valence-electron chi connectivity index (χ2n) is 5.02. The van der Waals surface area contributed by atoms with Crippen molar-refractivity contribution in [3.63, 3.8) is 0 Å². The third kappa shape index (κ3) is 4.74. The van der Waals surface area contributed by atoms with Crippen LogP contribution in [0.1, 0.15) is 15.9 Å². The molecule has 0 aliphatic rings. The van der Waals surface area contributed by atoms with Gasteiger partial charge in [0.2, 0.25) is 0 Å². The van der Waals surface area contributed by atoms with E-state index in [9.17, 15) is 22.4 Å². The molecule has 2 aromatic rings. The van der Waals surface area contributed by atoms with Gasteiger partial charge in [0.05, 0.1) is 11.3 Å². The standard InChI is InChI=1S/C17H11Cl2F4NO/c1-24-15-6-9(2-3-14(15)20)16(25)8-13(17(21,22)23)10-4-11(18)7-12(19)5-10/h2-8,24H,1H3/b13-8+. The number of anilines is 1. The lowest BCUT2D eigenvalue weighted by Gasteiger charge is -2.13. The molecule has 2 rings (SSSR count). The van der Waals surface area contributed by atoms with Crippen molar-refractivity contribution in [3.05, 3.63) is 69.5 Å². The highest BCUT2D eigenvalue weighted by Gasteiger charge is 2.35. The Morgan fingerprint density at radius 2 is 1.64 bits per heavy atom. The molecule has 0 saturated carbocycles. The number of rotatable bonds is 4. The summed E-state index contributed by atoms with van der Waals surface area (Å²) in [5.41, 5.74) is -1.63. The van der Waals surface area contributed by atoms with Crippen molar-refractivity contribution in [2.45, 2.75) is 6.18 Å². The van der Waals surface area contributed by atoms with Crippen LogP contribution in [0.4, 0.5) is 23.2 Å². The molecule has 2 nitrogen and oxygen atoms in total. The summed E-state index contributed by atoms with van der Waals surface area (Å²) in [5.74, 6) is -1.55. The molecule has 8 heteroatoms. The lowest BCUT2D eigenvalue weighted by Crippen LogP contribution is -2.13. The summed E-state index contributed by atoms with van der Waals surface area (Å²) in [6.07, 6.45) is -4.37. The zero-order valence-electron chi connectivity index (χ0n) is 12.7. The Labute approximate surface area is 151 Å². The van der Waals surface area contributed by atoms with Crippen LogP contribution in [-0.2, 0) is 0 Å². The van der Waals surface area contributed by atoms with E-state index in [0.29, 0.717) is 6.08 Å². The van der Waals surface area contributed by atoms with E-state index in [1.807, 2.05) is 0 Å². The van der Waals surface area contributed by atoms with Gasteiger partial charge >= 0.3 is 6.18 Å². The van der Waals surface area contributed by atoms with E-state index in [0.717, 1.165) is 30.3 Å². The van der Waals surface area contributed by atoms with Crippen molar-refractivity contribution in [2.24, 2.45) is 0 Å². The van der Waals surface area contributed by atoms with Gasteiger partial charge < -0.3 is 5.32 Å². The molecule has 25 heavy (non-hydrogen) atoms. The van der Waals surface area contributed by atoms with Gasteiger partial charge in [-0.05, 0) is 48.0 Å². The molecule has 1 N–H and O–H groups in total. The first-order valence-electron chi connectivity index (χ1n) is 6.89. The highest BCUT2D eigenvalue weighted by Crippen LogP contribution is 2.36. The molecule has 0 spiro atoms. The minimum Gasteiger partial charge on any atom is -0.386 e. The minimum atomic E-state index is -4.81. The molecular formula is C17H11Cl2F4NO. The van der Waals surface area contributed by atoms with Gasteiger partial charge in [0, 0.05) is 22.7 Å². The van der Waals surface area contributed by atoms with Gasteiger partial charge in [-0.25, -0.2) is 4.39 Å². The van der Waals surface area contributed by atoms with E-state index < -0.39 is 23.3 Å². The van der Waals surface area contributed by atoms with Crippen LogP contribution in [0.3, 0.4) is 0 Å². The average Bonchev–Trinajstić information content (AvgIpc) is 2.50. The Bertz CT molecular complexity index is 827. The summed E-state index contributed by atoms with van der Waals surface area (Å²) < 4.78 is 53.6. The Morgan fingerprint density at radius 1 is 1.04 bits per heavy atom. The van der Waals surface area contributed by atoms with Crippen molar-refractivity contribution >= 4 is 40.2 Å². The lowest BCUT2D eigenvalue weighted by atomic mass is 10.0. The second kappa shape index (κ2) is 7.45. The maximum Gasteiger partial charge on any atom is 0.417 e. The quantitative estimate of drug-likeness (QED) is 0.393. The van der Waals surface area contributed by atoms with E-state index >= 15 is 0 Å². The highest BCUT2D eigenvalue weighted by molar-refractivity contribution is 6.35. The molecule has 0 amide bonds. The normalized spacial score (nSPS) is 12.2. The van der Waals surface area contributed by atoms with Crippen molar-refractivity contribution < 1.29 is 22.4 Å². The molecule has 0 atom stereocenters. The number of alkyl halides is 3. The molecule has 0 aromatic heterocycles. The third-order valence-electron chi connectivity index (χ3n) is 3.27. The average molecular weight is 392 g/mol. The fraction of sp³-hybridized carbons (Fsp3) is 0.118. The second-order valence-corrected chi connectivity index (χ2v) is 5.90. The summed E-state index contributed by atoms with van der Waals surface area (Å²) in [6.45, 7) is 0. The molecule has 0 heterocycles. The Balaban J connectivity index is 2.53. The van der Waals surface area contributed by atoms with Crippen LogP contribution >= 0.6 is 23.2 Å². The maximum absolute atomic E-state index is 13.4. The summed E-state index contributed by atoms with van der Waals surface area (Å²) in [4.78, 5) is 12.2. The van der Waals surface area contributed by atoms with Crippen LogP contribution in [0.15, 0.2) is 42.5 Å². The lowest BCUT2D eigenvalue weighted by molar-refractivity contribution is -0.0689. The Morgan fingerprint density at radius 3 is 2.16 bits per heavy atom. The summed E-state index contributed by atoms with van der Waals surface area (Å²) in [6, 6.07) is 6.63. The van der Waals surface area contributed by atoms with E-state index in [1.165, 1.54) is 13.1 Å². The first kappa shape index (κ1) is 19.3. The summed E-state index contributed by atoms with van der Waals surface area (Å²) in [7, 11) is 1.43. The monoisotopic (exact) mass is 391 g/mol. The molecule has 2 aromatic carbocycles. The van der Waals surface area contributed by atoms with E-state index in [2.05, 4.69) is 5.32 Å². The molecule has 0 fully saturated rings. The molecule has 0 aliphatic heterocycles. The predicted octanol–water partition coefficient (Wildman–Crippen LogP) is 6.00. The first-order valence-corrected chi connectivity index (χ1v) is 7.64. The van der Waals surface area contributed by atoms with Crippen molar-refractivity contribution in [3.8, 4) is 0 Å². The van der Waals surface area contributed by atoms with Crippen LogP contribution in [0, 0.1) is 5.82 Å². The molecule has 0 aliphatic carbocycles. The number of hydrogen-bond acceptors (Lipinski definition) is 2. The third-order valence-corrected chi connectivity index (χ3v) is 3.71. The zero-order chi connectivity index (χ0) is 18.8. The smallest absolute Gasteiger partial charge is 0.386 e. The van der Waals surface area contributed by atoms with E-state index in [4.69, 9.17) is 23.2 Å². The SMILES string of the molecule is CNc1cc(C(=O)/C=C(\c2cc(Cl)cc(Cl)c2)C(F)(F)F)ccc1F. The van der Waals surface area contributed by atoms with Crippen LogP contribution in [0.2, 0.25) is 10.0 Å². The summed E-state index contributed by atoms with van der Waals surface area (Å²) >= 11 is 11.5. The van der Waals surface area contributed by atoms with E-state index in [1.54, 1.807) is 0 Å². The van der Waals surface area contributed by atoms with E-state index in [-0.39, 0.29) is 26.9 Å². The van der Waals surface area contributed by atoms with Crippen LogP contribution in [0.25, 0.3) is 5.57 Å². The van der Waals surface area contributed by atoms with Crippen molar-refractivity contribution in [1.82, 2.24) is 0 Å². The van der Waals surface area contributed by atoms with Gasteiger partial charge in [-0.1, -0.05) is 23.2 Å². The number of ketones is 1. The maximum atomic E-state index is 13.4. The number of nitrogens with one attached hydrogen (secondary N) is 1. The molecule has 0 radical (unpaired) electrons. The number of hydrogen-bond donors (Lipinski definition) is 1. The number of halogens is 6. The van der Waals surface area contributed by atoms with Crippen LogP contribution < -0.4 is 5.32 Å². The van der Waals surface area contributed by atoms with Gasteiger partial charge in [-0.2, -0.15) is 13.2 Å². The van der Waals surface area contributed by atoms with Crippen molar-refractivity contribution in [2.75, 3.05) is 12.4 Å². The topological polar surface area (TPSA) is 29.1 Å². The van der Waals surface area contributed by atoms with Gasteiger partial charge in [-0.3, -0.25) is 4.79 Å². The van der Waals surface area contributed by atoms with Gasteiger partial charge in [0.25, 0.3) is 0 Å². The number of allylic oxidation sites excluding steroid dienone is 2. The number of carbonyl (C=O) groups is 1. The fourth-order valence-corrected chi connectivity index (χ4v) is 2.65. The molecule has 0 saturated heterocycles. The van der Waals surface area contributed by atoms with Gasteiger partial charge in [0.15, 0.2) is 5.78 Å². The molecule has 0 bridgehead atoms. The summed E-state index contributed by atoms with van der Waals surface area (Å²) in [5, 5.41) is 2.52. The van der Waals surface area contributed by atoms with Gasteiger partial charge in [0.1, 0.15) is 5.82 Å². The molecule has 132 valence electrons.